The van der Waals surface area contributed by atoms with E-state index in [-0.39, 0.29) is 0 Å². The van der Waals surface area contributed by atoms with Gasteiger partial charge in [-0.2, -0.15) is 0 Å². The standard InChI is InChI=1S/C11H17NO/c1-3-13-4-2-12(1)11-7-8-5-9(11)10(11)6-8/h8-10H,1-7H2. The van der Waals surface area contributed by atoms with E-state index in [0.717, 1.165) is 31.0 Å². The Morgan fingerprint density at radius 3 is 2.31 bits per heavy atom. The topological polar surface area (TPSA) is 12.5 Å². The Morgan fingerprint density at radius 2 is 1.77 bits per heavy atom. The van der Waals surface area contributed by atoms with Crippen LogP contribution in [0.3, 0.4) is 0 Å². The second-order valence-corrected chi connectivity index (χ2v) is 5.35. The second-order valence-electron chi connectivity index (χ2n) is 5.35. The van der Waals surface area contributed by atoms with Crippen molar-refractivity contribution in [2.75, 3.05) is 26.3 Å². The molecule has 4 bridgehead atoms. The summed E-state index contributed by atoms with van der Waals surface area (Å²) in [5.41, 5.74) is 0.717. The smallest absolute Gasteiger partial charge is 0.0594 e. The lowest BCUT2D eigenvalue weighted by molar-refractivity contribution is 0.00642. The lowest BCUT2D eigenvalue weighted by Crippen LogP contribution is -2.45. The molecule has 2 atom stereocenters. The zero-order chi connectivity index (χ0) is 8.47. The summed E-state index contributed by atoms with van der Waals surface area (Å²) < 4.78 is 5.43. The van der Waals surface area contributed by atoms with Crippen LogP contribution in [0, 0.1) is 17.8 Å². The largest absolute Gasteiger partial charge is 0.379 e. The summed E-state index contributed by atoms with van der Waals surface area (Å²) in [5.74, 6) is 3.32. The molecule has 1 heterocycles. The molecular formula is C11H17NO. The second kappa shape index (κ2) is 2.12. The van der Waals surface area contributed by atoms with Crippen LogP contribution in [0.15, 0.2) is 0 Å². The van der Waals surface area contributed by atoms with E-state index >= 15 is 0 Å². The lowest BCUT2D eigenvalue weighted by Gasteiger charge is -2.34. The van der Waals surface area contributed by atoms with Crippen molar-refractivity contribution in [3.8, 4) is 0 Å². The molecule has 5 aliphatic rings. The Bertz CT molecular complexity index is 234. The molecule has 2 unspecified atom stereocenters. The minimum atomic E-state index is 0.717. The third-order valence-corrected chi connectivity index (χ3v) is 5.05. The van der Waals surface area contributed by atoms with Crippen molar-refractivity contribution in [2.24, 2.45) is 17.8 Å². The SMILES string of the molecule is C1CN(C23CC4CC2C3C4)CCO1. The van der Waals surface area contributed by atoms with E-state index in [1.54, 1.807) is 12.8 Å². The molecule has 4 aliphatic carbocycles. The van der Waals surface area contributed by atoms with E-state index < -0.39 is 0 Å². The highest BCUT2D eigenvalue weighted by Crippen LogP contribution is 2.75. The summed E-state index contributed by atoms with van der Waals surface area (Å²) in [4.78, 5) is 2.76. The zero-order valence-electron chi connectivity index (χ0n) is 8.04. The molecule has 0 radical (unpaired) electrons. The van der Waals surface area contributed by atoms with Crippen molar-refractivity contribution >= 4 is 0 Å². The highest BCUT2D eigenvalue weighted by Gasteiger charge is 2.76. The van der Waals surface area contributed by atoms with Crippen LogP contribution in [-0.2, 0) is 4.74 Å². The van der Waals surface area contributed by atoms with Crippen molar-refractivity contribution in [1.82, 2.24) is 4.90 Å². The fourth-order valence-corrected chi connectivity index (χ4v) is 4.65. The van der Waals surface area contributed by atoms with E-state index in [0.29, 0.717) is 5.54 Å². The van der Waals surface area contributed by atoms with Crippen molar-refractivity contribution in [2.45, 2.75) is 24.8 Å². The number of hydrogen-bond acceptors (Lipinski definition) is 2. The van der Waals surface area contributed by atoms with Gasteiger partial charge in [0.05, 0.1) is 13.2 Å². The molecule has 0 spiro atoms. The quantitative estimate of drug-likeness (QED) is 0.598. The molecule has 2 heteroatoms. The number of morpholine rings is 1. The van der Waals surface area contributed by atoms with Gasteiger partial charge in [-0.3, -0.25) is 4.90 Å². The summed E-state index contributed by atoms with van der Waals surface area (Å²) in [6.45, 7) is 4.37. The molecule has 4 saturated carbocycles. The van der Waals surface area contributed by atoms with Gasteiger partial charge < -0.3 is 4.74 Å². The van der Waals surface area contributed by atoms with Gasteiger partial charge in [-0.25, -0.2) is 0 Å². The first-order valence-electron chi connectivity index (χ1n) is 5.74. The molecule has 5 fully saturated rings. The molecule has 5 rings (SSSR count). The first kappa shape index (κ1) is 7.24. The summed E-state index contributed by atoms with van der Waals surface area (Å²) in [6, 6.07) is 0. The average Bonchev–Trinajstić information content (AvgIpc) is 2.70. The van der Waals surface area contributed by atoms with Gasteiger partial charge in [-0.05, 0) is 37.0 Å². The van der Waals surface area contributed by atoms with Crippen LogP contribution in [0.5, 0.6) is 0 Å². The molecule has 0 N–H and O–H groups in total. The third kappa shape index (κ3) is 0.701. The molecule has 1 saturated heterocycles. The fraction of sp³-hybridized carbons (Fsp3) is 1.00. The Morgan fingerprint density at radius 1 is 1.08 bits per heavy atom. The van der Waals surface area contributed by atoms with Gasteiger partial charge in [-0.15, -0.1) is 0 Å². The van der Waals surface area contributed by atoms with Gasteiger partial charge in [0.1, 0.15) is 0 Å². The average molecular weight is 179 g/mol. The molecule has 0 aromatic heterocycles. The van der Waals surface area contributed by atoms with Crippen LogP contribution in [0.25, 0.3) is 0 Å². The Labute approximate surface area is 79.2 Å². The van der Waals surface area contributed by atoms with Gasteiger partial charge in [0.25, 0.3) is 0 Å². The van der Waals surface area contributed by atoms with Gasteiger partial charge in [-0.1, -0.05) is 0 Å². The van der Waals surface area contributed by atoms with Crippen LogP contribution >= 0.6 is 0 Å². The number of ether oxygens (including phenoxy) is 1. The Hall–Kier alpha value is -0.0800. The van der Waals surface area contributed by atoms with E-state index in [2.05, 4.69) is 4.90 Å². The highest BCUT2D eigenvalue weighted by molar-refractivity contribution is 5.29. The normalized spacial score (nSPS) is 58.6. The first-order chi connectivity index (χ1) is 6.41. The van der Waals surface area contributed by atoms with Crippen LogP contribution < -0.4 is 0 Å². The van der Waals surface area contributed by atoms with Gasteiger partial charge >= 0.3 is 0 Å². The maximum Gasteiger partial charge on any atom is 0.0594 e. The molecule has 1 aliphatic heterocycles. The zero-order valence-corrected chi connectivity index (χ0v) is 8.04. The van der Waals surface area contributed by atoms with Crippen molar-refractivity contribution in [3.63, 3.8) is 0 Å². The van der Waals surface area contributed by atoms with Crippen molar-refractivity contribution in [1.29, 1.82) is 0 Å². The lowest BCUT2D eigenvalue weighted by atomic mass is 10.1. The van der Waals surface area contributed by atoms with E-state index in [1.165, 1.54) is 19.5 Å². The Kier molecular flexibility index (Phi) is 1.18. The van der Waals surface area contributed by atoms with Crippen LogP contribution in [0.2, 0.25) is 0 Å². The van der Waals surface area contributed by atoms with Crippen molar-refractivity contribution in [3.05, 3.63) is 0 Å². The predicted molar refractivity (Wildman–Crippen MR) is 49.4 cm³/mol. The summed E-state index contributed by atoms with van der Waals surface area (Å²) in [5, 5.41) is 0. The molecule has 13 heavy (non-hydrogen) atoms. The Balaban J connectivity index is 1.61. The minimum absolute atomic E-state index is 0.717. The molecule has 0 aromatic carbocycles. The predicted octanol–water partition coefficient (Wildman–Crippen LogP) is 1.12. The van der Waals surface area contributed by atoms with Gasteiger partial charge in [0, 0.05) is 18.6 Å². The first-order valence-corrected chi connectivity index (χ1v) is 5.74. The summed E-state index contributed by atoms with van der Waals surface area (Å²) >= 11 is 0. The van der Waals surface area contributed by atoms with E-state index in [9.17, 15) is 0 Å². The fourth-order valence-electron chi connectivity index (χ4n) is 4.65. The molecule has 0 amide bonds. The van der Waals surface area contributed by atoms with Gasteiger partial charge in [0.2, 0.25) is 0 Å². The molecular weight excluding hydrogens is 162 g/mol. The monoisotopic (exact) mass is 179 g/mol. The molecule has 0 aromatic rings. The third-order valence-electron chi connectivity index (χ3n) is 5.05. The summed E-state index contributed by atoms with van der Waals surface area (Å²) in [6.07, 6.45) is 4.65. The van der Waals surface area contributed by atoms with Gasteiger partial charge in [0.15, 0.2) is 0 Å². The number of rotatable bonds is 1. The highest BCUT2D eigenvalue weighted by atomic mass is 16.5. The minimum Gasteiger partial charge on any atom is -0.379 e. The number of hydrogen-bond donors (Lipinski definition) is 0. The van der Waals surface area contributed by atoms with Crippen molar-refractivity contribution < 1.29 is 4.74 Å². The van der Waals surface area contributed by atoms with Crippen LogP contribution in [0.4, 0.5) is 0 Å². The van der Waals surface area contributed by atoms with E-state index in [1.807, 2.05) is 0 Å². The molecule has 2 nitrogen and oxygen atoms in total. The summed E-state index contributed by atoms with van der Waals surface area (Å²) in [7, 11) is 0. The van der Waals surface area contributed by atoms with Crippen LogP contribution in [-0.4, -0.2) is 36.7 Å². The number of nitrogens with zero attached hydrogens (tertiary/aromatic N) is 1. The maximum atomic E-state index is 5.43. The van der Waals surface area contributed by atoms with Crippen LogP contribution in [0.1, 0.15) is 19.3 Å². The van der Waals surface area contributed by atoms with E-state index in [4.69, 9.17) is 4.74 Å². The molecule has 72 valence electrons. The maximum absolute atomic E-state index is 5.43.